The molecule has 1 saturated heterocycles. The van der Waals surface area contributed by atoms with Crippen LogP contribution in [-0.4, -0.2) is 63.8 Å². The smallest absolute Gasteiger partial charge is 0.226 e. The maximum absolute atomic E-state index is 6.19. The van der Waals surface area contributed by atoms with E-state index in [2.05, 4.69) is 29.7 Å². The first-order valence-corrected chi connectivity index (χ1v) is 9.63. The average molecular weight is 365 g/mol. The third-order valence-electron chi connectivity index (χ3n) is 5.19. The molecule has 2 aliphatic rings. The molecule has 0 spiro atoms. The predicted molar refractivity (Wildman–Crippen MR) is 98.2 cm³/mol. The Morgan fingerprint density at radius 2 is 1.96 bits per heavy atom. The summed E-state index contributed by atoms with van der Waals surface area (Å²) < 4.78 is 7.57. The molecule has 3 heterocycles. The summed E-state index contributed by atoms with van der Waals surface area (Å²) in [6, 6.07) is 0.478. The van der Waals surface area contributed by atoms with Crippen molar-refractivity contribution in [1.82, 2.24) is 24.4 Å². The average Bonchev–Trinajstić information content (AvgIpc) is 3.07. The van der Waals surface area contributed by atoms with Crippen molar-refractivity contribution in [2.45, 2.75) is 38.1 Å². The largest absolute Gasteiger partial charge is 0.379 e. The number of morpholine rings is 1. The second-order valence-corrected chi connectivity index (χ2v) is 7.18. The molecule has 1 saturated carbocycles. The lowest BCUT2D eigenvalue weighted by Gasteiger charge is -2.26. The molecule has 0 amide bonds. The molecule has 1 N–H and O–H groups in total. The predicted octanol–water partition coefficient (Wildman–Crippen LogP) is 2.73. The van der Waals surface area contributed by atoms with E-state index in [1.54, 1.807) is 0 Å². The van der Waals surface area contributed by atoms with Crippen LogP contribution in [0.2, 0.25) is 5.28 Å². The van der Waals surface area contributed by atoms with Gasteiger partial charge >= 0.3 is 0 Å². The molecular weight excluding hydrogens is 340 g/mol. The van der Waals surface area contributed by atoms with E-state index in [1.807, 2.05) is 6.33 Å². The van der Waals surface area contributed by atoms with Gasteiger partial charge < -0.3 is 14.6 Å². The SMILES string of the molecule is Clc1nc(NCCN2CCOCC2)c2ncn(C3CCCCC3)c2n1. The van der Waals surface area contributed by atoms with Crippen LogP contribution < -0.4 is 5.32 Å². The first kappa shape index (κ1) is 17.0. The highest BCUT2D eigenvalue weighted by molar-refractivity contribution is 6.28. The Balaban J connectivity index is 1.49. The van der Waals surface area contributed by atoms with Crippen molar-refractivity contribution in [2.75, 3.05) is 44.7 Å². The van der Waals surface area contributed by atoms with Crippen LogP contribution in [0.15, 0.2) is 6.33 Å². The molecule has 8 heteroatoms. The Morgan fingerprint density at radius 1 is 1.16 bits per heavy atom. The van der Waals surface area contributed by atoms with Gasteiger partial charge in [-0.15, -0.1) is 0 Å². The summed E-state index contributed by atoms with van der Waals surface area (Å²) >= 11 is 6.19. The van der Waals surface area contributed by atoms with Crippen molar-refractivity contribution in [3.63, 3.8) is 0 Å². The molecular formula is C17H25ClN6O. The number of aromatic nitrogens is 4. The van der Waals surface area contributed by atoms with Crippen LogP contribution in [-0.2, 0) is 4.74 Å². The van der Waals surface area contributed by atoms with Crippen LogP contribution in [0, 0.1) is 0 Å². The molecule has 7 nitrogen and oxygen atoms in total. The minimum absolute atomic E-state index is 0.277. The molecule has 4 rings (SSSR count). The molecule has 1 aliphatic heterocycles. The zero-order valence-electron chi connectivity index (χ0n) is 14.5. The van der Waals surface area contributed by atoms with Gasteiger partial charge in [-0.2, -0.15) is 9.97 Å². The number of hydrogen-bond donors (Lipinski definition) is 1. The second-order valence-electron chi connectivity index (χ2n) is 6.84. The van der Waals surface area contributed by atoms with Crippen LogP contribution >= 0.6 is 11.6 Å². The zero-order chi connectivity index (χ0) is 17.1. The normalized spacial score (nSPS) is 20.2. The number of halogens is 1. The Hall–Kier alpha value is -1.44. The van der Waals surface area contributed by atoms with E-state index in [4.69, 9.17) is 16.3 Å². The molecule has 0 atom stereocenters. The van der Waals surface area contributed by atoms with Gasteiger partial charge in [-0.25, -0.2) is 4.98 Å². The highest BCUT2D eigenvalue weighted by atomic mass is 35.5. The summed E-state index contributed by atoms with van der Waals surface area (Å²) in [6.45, 7) is 5.36. The number of nitrogens with one attached hydrogen (secondary N) is 1. The van der Waals surface area contributed by atoms with Crippen molar-refractivity contribution in [2.24, 2.45) is 0 Å². The standard InChI is InChI=1S/C17H25ClN6O/c18-17-21-15(19-6-7-23-8-10-25-11-9-23)14-16(22-17)24(12-20-14)13-4-2-1-3-5-13/h12-13H,1-11H2,(H,19,21,22). The Bertz CT molecular complexity index is 708. The Morgan fingerprint density at radius 3 is 2.76 bits per heavy atom. The summed E-state index contributed by atoms with van der Waals surface area (Å²) in [7, 11) is 0. The van der Waals surface area contributed by atoms with Gasteiger partial charge in [0, 0.05) is 32.2 Å². The van der Waals surface area contributed by atoms with Gasteiger partial charge in [-0.05, 0) is 24.4 Å². The van der Waals surface area contributed by atoms with E-state index in [1.165, 1.54) is 32.1 Å². The summed E-state index contributed by atoms with van der Waals surface area (Å²) in [5.74, 6) is 0.734. The summed E-state index contributed by atoms with van der Waals surface area (Å²) in [5, 5.41) is 3.67. The van der Waals surface area contributed by atoms with Gasteiger partial charge in [0.1, 0.15) is 0 Å². The van der Waals surface area contributed by atoms with Crippen LogP contribution in [0.4, 0.5) is 5.82 Å². The fraction of sp³-hybridized carbons (Fsp3) is 0.706. The van der Waals surface area contributed by atoms with Gasteiger partial charge in [-0.3, -0.25) is 4.90 Å². The molecule has 2 aromatic rings. The van der Waals surface area contributed by atoms with Crippen molar-refractivity contribution < 1.29 is 4.74 Å². The first-order valence-electron chi connectivity index (χ1n) is 9.25. The third-order valence-corrected chi connectivity index (χ3v) is 5.36. The number of imidazole rings is 1. The van der Waals surface area contributed by atoms with Crippen LogP contribution in [0.1, 0.15) is 38.1 Å². The molecule has 0 bridgehead atoms. The highest BCUT2D eigenvalue weighted by Gasteiger charge is 2.20. The van der Waals surface area contributed by atoms with E-state index in [9.17, 15) is 0 Å². The van der Waals surface area contributed by atoms with Crippen molar-refractivity contribution in [1.29, 1.82) is 0 Å². The van der Waals surface area contributed by atoms with Crippen LogP contribution in [0.25, 0.3) is 11.2 Å². The van der Waals surface area contributed by atoms with Gasteiger partial charge in [0.25, 0.3) is 0 Å². The minimum atomic E-state index is 0.277. The molecule has 2 fully saturated rings. The van der Waals surface area contributed by atoms with Crippen molar-refractivity contribution >= 4 is 28.6 Å². The van der Waals surface area contributed by atoms with Crippen LogP contribution in [0.5, 0.6) is 0 Å². The Kier molecular flexibility index (Phi) is 5.33. The van der Waals surface area contributed by atoms with E-state index in [0.29, 0.717) is 6.04 Å². The fourth-order valence-corrected chi connectivity index (χ4v) is 3.96. The topological polar surface area (TPSA) is 68.1 Å². The van der Waals surface area contributed by atoms with Gasteiger partial charge in [0.15, 0.2) is 17.0 Å². The van der Waals surface area contributed by atoms with Crippen molar-refractivity contribution in [3.8, 4) is 0 Å². The molecule has 1 aliphatic carbocycles. The number of nitrogens with zero attached hydrogens (tertiary/aromatic N) is 5. The molecule has 2 aromatic heterocycles. The number of fused-ring (bicyclic) bond motifs is 1. The minimum Gasteiger partial charge on any atom is -0.379 e. The molecule has 25 heavy (non-hydrogen) atoms. The van der Waals surface area contributed by atoms with Gasteiger partial charge in [0.05, 0.1) is 19.5 Å². The lowest BCUT2D eigenvalue weighted by molar-refractivity contribution is 0.0398. The van der Waals surface area contributed by atoms with E-state index in [-0.39, 0.29) is 5.28 Å². The summed E-state index contributed by atoms with van der Waals surface area (Å²) in [6.07, 6.45) is 8.15. The lowest BCUT2D eigenvalue weighted by Crippen LogP contribution is -2.39. The van der Waals surface area contributed by atoms with Gasteiger partial charge in [-0.1, -0.05) is 19.3 Å². The molecule has 0 aromatic carbocycles. The molecule has 136 valence electrons. The molecule has 0 radical (unpaired) electrons. The van der Waals surface area contributed by atoms with Gasteiger partial charge in [0.2, 0.25) is 5.28 Å². The van der Waals surface area contributed by atoms with E-state index < -0.39 is 0 Å². The quantitative estimate of drug-likeness (QED) is 0.823. The molecule has 0 unspecified atom stereocenters. The Labute approximate surface area is 152 Å². The van der Waals surface area contributed by atoms with E-state index >= 15 is 0 Å². The maximum atomic E-state index is 6.19. The lowest BCUT2D eigenvalue weighted by atomic mass is 9.95. The second kappa shape index (κ2) is 7.85. The van der Waals surface area contributed by atoms with Crippen molar-refractivity contribution in [3.05, 3.63) is 11.6 Å². The zero-order valence-corrected chi connectivity index (χ0v) is 15.2. The van der Waals surface area contributed by atoms with Crippen LogP contribution in [0.3, 0.4) is 0 Å². The highest BCUT2D eigenvalue weighted by Crippen LogP contribution is 2.31. The first-order chi connectivity index (χ1) is 12.3. The number of hydrogen-bond acceptors (Lipinski definition) is 6. The number of ether oxygens (including phenoxy) is 1. The summed E-state index contributed by atoms with van der Waals surface area (Å²) in [5.41, 5.74) is 1.66. The number of rotatable bonds is 5. The monoisotopic (exact) mass is 364 g/mol. The number of anilines is 1. The fourth-order valence-electron chi connectivity index (χ4n) is 3.80. The third kappa shape index (κ3) is 3.88. The summed E-state index contributed by atoms with van der Waals surface area (Å²) in [4.78, 5) is 15.8. The van der Waals surface area contributed by atoms with E-state index in [0.717, 1.165) is 56.4 Å². The maximum Gasteiger partial charge on any atom is 0.226 e.